The highest BCUT2D eigenvalue weighted by Crippen LogP contribution is 2.23. The molecule has 0 fully saturated rings. The second kappa shape index (κ2) is 10.5. The van der Waals surface area contributed by atoms with Crippen LogP contribution in [0, 0.1) is 0 Å². The van der Waals surface area contributed by atoms with Crippen LogP contribution in [0.15, 0.2) is 67.0 Å². The van der Waals surface area contributed by atoms with Gasteiger partial charge in [-0.1, -0.05) is 81.5 Å². The first-order valence-electron chi connectivity index (χ1n) is 9.97. The molecule has 0 unspecified atom stereocenters. The summed E-state index contributed by atoms with van der Waals surface area (Å²) < 4.78 is 5.85. The SMILES string of the molecule is CCCCCCCCOc1ccc(-c2cnc(-c3ccccc3)nc2)cc1. The maximum atomic E-state index is 5.85. The van der Waals surface area contributed by atoms with Gasteiger partial charge in [0, 0.05) is 23.5 Å². The first kappa shape index (κ1) is 19.1. The standard InChI is InChI=1S/C24H28N2O/c1-2-3-4-5-6-10-17-27-23-15-13-20(14-16-23)22-18-25-24(26-19-22)21-11-8-7-9-12-21/h7-9,11-16,18-19H,2-6,10,17H2,1H3. The Hall–Kier alpha value is -2.68. The van der Waals surface area contributed by atoms with Gasteiger partial charge in [0.1, 0.15) is 5.75 Å². The number of aromatic nitrogens is 2. The van der Waals surface area contributed by atoms with Crippen molar-refractivity contribution in [1.29, 1.82) is 0 Å². The van der Waals surface area contributed by atoms with Crippen LogP contribution < -0.4 is 4.74 Å². The van der Waals surface area contributed by atoms with Gasteiger partial charge in [0.2, 0.25) is 0 Å². The summed E-state index contributed by atoms with van der Waals surface area (Å²) in [5.74, 6) is 1.67. The van der Waals surface area contributed by atoms with Gasteiger partial charge in [0.25, 0.3) is 0 Å². The van der Waals surface area contributed by atoms with Gasteiger partial charge in [-0.15, -0.1) is 0 Å². The molecule has 1 heterocycles. The summed E-state index contributed by atoms with van der Waals surface area (Å²) >= 11 is 0. The zero-order chi connectivity index (χ0) is 18.7. The third-order valence-electron chi connectivity index (χ3n) is 4.64. The number of rotatable bonds is 10. The molecule has 3 aromatic rings. The highest BCUT2D eigenvalue weighted by atomic mass is 16.5. The van der Waals surface area contributed by atoms with Crippen molar-refractivity contribution in [2.45, 2.75) is 45.4 Å². The van der Waals surface area contributed by atoms with Crippen LogP contribution in [0.25, 0.3) is 22.5 Å². The molecule has 0 spiro atoms. The third kappa shape index (κ3) is 5.92. The molecule has 0 radical (unpaired) electrons. The van der Waals surface area contributed by atoms with Crippen molar-refractivity contribution in [3.8, 4) is 28.3 Å². The smallest absolute Gasteiger partial charge is 0.159 e. The summed E-state index contributed by atoms with van der Waals surface area (Å²) in [4.78, 5) is 8.99. The molecule has 0 saturated carbocycles. The van der Waals surface area contributed by atoms with Gasteiger partial charge in [-0.3, -0.25) is 0 Å². The van der Waals surface area contributed by atoms with Crippen LogP contribution in [0.2, 0.25) is 0 Å². The maximum absolute atomic E-state index is 5.85. The largest absolute Gasteiger partial charge is 0.494 e. The van der Waals surface area contributed by atoms with Crippen molar-refractivity contribution in [2.24, 2.45) is 0 Å². The molecule has 0 aliphatic rings. The molecule has 0 N–H and O–H groups in total. The Labute approximate surface area is 162 Å². The zero-order valence-corrected chi connectivity index (χ0v) is 16.1. The normalized spacial score (nSPS) is 10.7. The number of nitrogens with zero attached hydrogens (tertiary/aromatic N) is 2. The minimum Gasteiger partial charge on any atom is -0.494 e. The van der Waals surface area contributed by atoms with E-state index in [0.29, 0.717) is 0 Å². The average Bonchev–Trinajstić information content (AvgIpc) is 2.74. The molecule has 140 valence electrons. The number of benzene rings is 2. The quantitative estimate of drug-likeness (QED) is 0.385. The molecular formula is C24H28N2O. The Morgan fingerprint density at radius 1 is 0.667 bits per heavy atom. The summed E-state index contributed by atoms with van der Waals surface area (Å²) in [5, 5.41) is 0. The minimum atomic E-state index is 0.748. The monoisotopic (exact) mass is 360 g/mol. The van der Waals surface area contributed by atoms with Crippen LogP contribution >= 0.6 is 0 Å². The van der Waals surface area contributed by atoms with Crippen molar-refractivity contribution >= 4 is 0 Å². The Morgan fingerprint density at radius 2 is 1.33 bits per heavy atom. The number of unbranched alkanes of at least 4 members (excludes halogenated alkanes) is 5. The molecule has 27 heavy (non-hydrogen) atoms. The Balaban J connectivity index is 1.50. The lowest BCUT2D eigenvalue weighted by molar-refractivity contribution is 0.304. The van der Waals surface area contributed by atoms with Gasteiger partial charge in [-0.2, -0.15) is 0 Å². The van der Waals surface area contributed by atoms with Crippen LogP contribution in [-0.2, 0) is 0 Å². The highest BCUT2D eigenvalue weighted by molar-refractivity contribution is 5.64. The van der Waals surface area contributed by atoms with E-state index in [1.807, 2.05) is 54.9 Å². The van der Waals surface area contributed by atoms with Crippen LogP contribution in [-0.4, -0.2) is 16.6 Å². The third-order valence-corrected chi connectivity index (χ3v) is 4.64. The van der Waals surface area contributed by atoms with E-state index in [-0.39, 0.29) is 0 Å². The van der Waals surface area contributed by atoms with Crippen LogP contribution in [0.1, 0.15) is 45.4 Å². The van der Waals surface area contributed by atoms with E-state index in [2.05, 4.69) is 29.0 Å². The molecule has 0 saturated heterocycles. The molecule has 0 amide bonds. The van der Waals surface area contributed by atoms with E-state index in [9.17, 15) is 0 Å². The molecule has 3 nitrogen and oxygen atoms in total. The first-order valence-corrected chi connectivity index (χ1v) is 9.97. The molecule has 0 aliphatic heterocycles. The van der Waals surface area contributed by atoms with E-state index < -0.39 is 0 Å². The van der Waals surface area contributed by atoms with Crippen molar-refractivity contribution in [2.75, 3.05) is 6.61 Å². The van der Waals surface area contributed by atoms with Crippen molar-refractivity contribution < 1.29 is 4.74 Å². The zero-order valence-electron chi connectivity index (χ0n) is 16.1. The lowest BCUT2D eigenvalue weighted by atomic mass is 10.1. The van der Waals surface area contributed by atoms with E-state index >= 15 is 0 Å². The molecule has 0 aliphatic carbocycles. The van der Waals surface area contributed by atoms with E-state index in [1.165, 1.54) is 32.1 Å². The minimum absolute atomic E-state index is 0.748. The molecule has 3 rings (SSSR count). The number of ether oxygens (including phenoxy) is 1. The average molecular weight is 361 g/mol. The van der Waals surface area contributed by atoms with Crippen molar-refractivity contribution in [3.05, 3.63) is 67.0 Å². The topological polar surface area (TPSA) is 35.0 Å². The predicted molar refractivity (Wildman–Crippen MR) is 112 cm³/mol. The summed E-state index contributed by atoms with van der Waals surface area (Å²) in [6.07, 6.45) is 11.4. The van der Waals surface area contributed by atoms with E-state index in [0.717, 1.165) is 41.3 Å². The Kier molecular flexibility index (Phi) is 7.40. The van der Waals surface area contributed by atoms with Gasteiger partial charge >= 0.3 is 0 Å². The summed E-state index contributed by atoms with van der Waals surface area (Å²) in [7, 11) is 0. The number of hydrogen-bond donors (Lipinski definition) is 0. The molecule has 0 bridgehead atoms. The molecule has 2 aromatic carbocycles. The van der Waals surface area contributed by atoms with E-state index in [4.69, 9.17) is 4.74 Å². The number of hydrogen-bond acceptors (Lipinski definition) is 3. The van der Waals surface area contributed by atoms with Crippen molar-refractivity contribution in [3.63, 3.8) is 0 Å². The lowest BCUT2D eigenvalue weighted by Crippen LogP contribution is -1.97. The molecule has 1 aromatic heterocycles. The fraction of sp³-hybridized carbons (Fsp3) is 0.333. The van der Waals surface area contributed by atoms with Gasteiger partial charge < -0.3 is 4.74 Å². The van der Waals surface area contributed by atoms with Gasteiger partial charge in [-0.25, -0.2) is 9.97 Å². The van der Waals surface area contributed by atoms with Crippen LogP contribution in [0.5, 0.6) is 5.75 Å². The fourth-order valence-corrected chi connectivity index (χ4v) is 3.03. The van der Waals surface area contributed by atoms with Crippen molar-refractivity contribution in [1.82, 2.24) is 9.97 Å². The van der Waals surface area contributed by atoms with E-state index in [1.54, 1.807) is 0 Å². The van der Waals surface area contributed by atoms with Gasteiger partial charge in [-0.05, 0) is 24.1 Å². The van der Waals surface area contributed by atoms with Crippen LogP contribution in [0.4, 0.5) is 0 Å². The maximum Gasteiger partial charge on any atom is 0.159 e. The molecule has 3 heteroatoms. The van der Waals surface area contributed by atoms with Gasteiger partial charge in [0.05, 0.1) is 6.61 Å². The highest BCUT2D eigenvalue weighted by Gasteiger charge is 2.03. The summed E-state index contributed by atoms with van der Waals surface area (Å²) in [5.41, 5.74) is 3.14. The van der Waals surface area contributed by atoms with Gasteiger partial charge in [0.15, 0.2) is 5.82 Å². The lowest BCUT2D eigenvalue weighted by Gasteiger charge is -2.08. The Morgan fingerprint density at radius 3 is 2.04 bits per heavy atom. The fourth-order valence-electron chi connectivity index (χ4n) is 3.03. The molecular weight excluding hydrogens is 332 g/mol. The second-order valence-electron chi connectivity index (χ2n) is 6.80. The molecule has 0 atom stereocenters. The predicted octanol–water partition coefficient (Wildman–Crippen LogP) is 6.55. The summed E-state index contributed by atoms with van der Waals surface area (Å²) in [6.45, 7) is 3.04. The van der Waals surface area contributed by atoms with Crippen LogP contribution in [0.3, 0.4) is 0 Å². The Bertz CT molecular complexity index is 783. The summed E-state index contributed by atoms with van der Waals surface area (Å²) in [6, 6.07) is 18.2. The second-order valence-corrected chi connectivity index (χ2v) is 6.80. The first-order chi connectivity index (χ1) is 13.4.